The normalized spacial score (nSPS) is 15.7. The lowest BCUT2D eigenvalue weighted by molar-refractivity contribution is 0.247. The van der Waals surface area contributed by atoms with Gasteiger partial charge in [0.25, 0.3) is 0 Å². The number of hydrogen-bond acceptors (Lipinski definition) is 3. The molecule has 6 heteroatoms. The monoisotopic (exact) mass is 385 g/mol. The SMILES string of the molecule is Cl.Cl.Nc1cccc(CN2CCCN(Cc3ccc(F)cc3)CC2)c1. The van der Waals surface area contributed by atoms with Gasteiger partial charge in [-0.25, -0.2) is 4.39 Å². The second-order valence-corrected chi connectivity index (χ2v) is 6.28. The van der Waals surface area contributed by atoms with Gasteiger partial charge in [-0.15, -0.1) is 24.8 Å². The highest BCUT2D eigenvalue weighted by atomic mass is 35.5. The summed E-state index contributed by atoms with van der Waals surface area (Å²) in [4.78, 5) is 4.94. The Morgan fingerprint density at radius 1 is 0.800 bits per heavy atom. The average Bonchev–Trinajstić information content (AvgIpc) is 2.75. The number of nitrogen functional groups attached to an aromatic ring is 1. The first kappa shape index (κ1) is 21.7. The third kappa shape index (κ3) is 6.83. The van der Waals surface area contributed by atoms with Crippen LogP contribution in [0.15, 0.2) is 48.5 Å². The van der Waals surface area contributed by atoms with E-state index in [-0.39, 0.29) is 30.6 Å². The minimum atomic E-state index is -0.169. The number of benzene rings is 2. The Bertz CT molecular complexity index is 637. The van der Waals surface area contributed by atoms with Crippen LogP contribution in [-0.2, 0) is 13.1 Å². The summed E-state index contributed by atoms with van der Waals surface area (Å²) in [6.07, 6.45) is 1.16. The van der Waals surface area contributed by atoms with Crippen molar-refractivity contribution in [2.24, 2.45) is 0 Å². The molecule has 0 saturated carbocycles. The topological polar surface area (TPSA) is 32.5 Å². The quantitative estimate of drug-likeness (QED) is 0.808. The van der Waals surface area contributed by atoms with E-state index in [2.05, 4.69) is 21.9 Å². The number of halogens is 3. The van der Waals surface area contributed by atoms with E-state index >= 15 is 0 Å². The lowest BCUT2D eigenvalue weighted by Crippen LogP contribution is -2.30. The predicted molar refractivity (Wildman–Crippen MR) is 107 cm³/mol. The van der Waals surface area contributed by atoms with Crippen LogP contribution in [0, 0.1) is 5.82 Å². The molecule has 2 aromatic carbocycles. The largest absolute Gasteiger partial charge is 0.399 e. The maximum absolute atomic E-state index is 13.0. The maximum Gasteiger partial charge on any atom is 0.123 e. The van der Waals surface area contributed by atoms with Gasteiger partial charge >= 0.3 is 0 Å². The Kier molecular flexibility index (Phi) is 9.22. The highest BCUT2D eigenvalue weighted by Gasteiger charge is 2.15. The number of anilines is 1. The number of hydrogen-bond donors (Lipinski definition) is 1. The lowest BCUT2D eigenvalue weighted by atomic mass is 10.2. The fraction of sp³-hybridized carbons (Fsp3) is 0.368. The van der Waals surface area contributed by atoms with Crippen LogP contribution in [0.4, 0.5) is 10.1 Å². The summed E-state index contributed by atoms with van der Waals surface area (Å²) in [6.45, 7) is 6.14. The summed E-state index contributed by atoms with van der Waals surface area (Å²) >= 11 is 0. The molecule has 138 valence electrons. The second kappa shape index (κ2) is 10.6. The minimum absolute atomic E-state index is 0. The van der Waals surface area contributed by atoms with Gasteiger partial charge in [-0.3, -0.25) is 9.80 Å². The number of nitrogens with two attached hydrogens (primary N) is 1. The van der Waals surface area contributed by atoms with Crippen molar-refractivity contribution >= 4 is 30.5 Å². The molecule has 1 heterocycles. The molecule has 1 fully saturated rings. The van der Waals surface area contributed by atoms with Crippen molar-refractivity contribution in [2.75, 3.05) is 31.9 Å². The molecule has 1 saturated heterocycles. The van der Waals surface area contributed by atoms with Gasteiger partial charge in [-0.05, 0) is 54.9 Å². The lowest BCUT2D eigenvalue weighted by Gasteiger charge is -2.22. The number of rotatable bonds is 4. The van der Waals surface area contributed by atoms with Crippen molar-refractivity contribution in [1.29, 1.82) is 0 Å². The zero-order valence-electron chi connectivity index (χ0n) is 14.2. The number of nitrogens with zero attached hydrogens (tertiary/aromatic N) is 2. The summed E-state index contributed by atoms with van der Waals surface area (Å²) < 4.78 is 13.0. The Morgan fingerprint density at radius 2 is 1.40 bits per heavy atom. The van der Waals surface area contributed by atoms with Crippen LogP contribution < -0.4 is 5.73 Å². The first-order valence-electron chi connectivity index (χ1n) is 8.22. The van der Waals surface area contributed by atoms with E-state index in [1.54, 1.807) is 12.1 Å². The molecule has 0 radical (unpaired) electrons. The summed E-state index contributed by atoms with van der Waals surface area (Å²) in [5.74, 6) is -0.169. The summed E-state index contributed by atoms with van der Waals surface area (Å²) in [5, 5.41) is 0. The summed E-state index contributed by atoms with van der Waals surface area (Å²) in [6, 6.07) is 15.0. The first-order chi connectivity index (χ1) is 11.2. The summed E-state index contributed by atoms with van der Waals surface area (Å²) in [5.41, 5.74) is 9.14. The molecule has 0 aromatic heterocycles. The van der Waals surface area contributed by atoms with Gasteiger partial charge in [0, 0.05) is 31.9 Å². The van der Waals surface area contributed by atoms with Crippen LogP contribution in [0.1, 0.15) is 17.5 Å². The van der Waals surface area contributed by atoms with Crippen molar-refractivity contribution < 1.29 is 4.39 Å². The van der Waals surface area contributed by atoms with Crippen molar-refractivity contribution in [1.82, 2.24) is 9.80 Å². The maximum atomic E-state index is 13.0. The Balaban J connectivity index is 0.00000156. The Hall–Kier alpha value is -1.33. The predicted octanol–water partition coefficient (Wildman–Crippen LogP) is 3.96. The zero-order chi connectivity index (χ0) is 16.1. The summed E-state index contributed by atoms with van der Waals surface area (Å²) in [7, 11) is 0. The van der Waals surface area contributed by atoms with E-state index in [0.717, 1.165) is 51.4 Å². The van der Waals surface area contributed by atoms with Gasteiger partial charge in [0.2, 0.25) is 0 Å². The van der Waals surface area contributed by atoms with E-state index in [4.69, 9.17) is 5.73 Å². The van der Waals surface area contributed by atoms with Crippen LogP contribution in [0.25, 0.3) is 0 Å². The molecule has 25 heavy (non-hydrogen) atoms. The van der Waals surface area contributed by atoms with Gasteiger partial charge in [-0.2, -0.15) is 0 Å². The van der Waals surface area contributed by atoms with Crippen LogP contribution in [-0.4, -0.2) is 36.0 Å². The average molecular weight is 386 g/mol. The molecule has 0 spiro atoms. The van der Waals surface area contributed by atoms with Gasteiger partial charge in [-0.1, -0.05) is 24.3 Å². The van der Waals surface area contributed by atoms with Gasteiger partial charge in [0.05, 0.1) is 0 Å². The molecule has 1 aliphatic heterocycles. The molecular formula is C19H26Cl2FN3. The van der Waals surface area contributed by atoms with Crippen LogP contribution in [0.3, 0.4) is 0 Å². The molecular weight excluding hydrogens is 360 g/mol. The van der Waals surface area contributed by atoms with E-state index < -0.39 is 0 Å². The second-order valence-electron chi connectivity index (χ2n) is 6.28. The van der Waals surface area contributed by atoms with E-state index in [9.17, 15) is 4.39 Å². The van der Waals surface area contributed by atoms with Crippen LogP contribution in [0.2, 0.25) is 0 Å². The fourth-order valence-electron chi connectivity index (χ4n) is 3.14. The van der Waals surface area contributed by atoms with Crippen molar-refractivity contribution in [3.05, 3.63) is 65.5 Å². The zero-order valence-corrected chi connectivity index (χ0v) is 15.9. The molecule has 1 aliphatic rings. The standard InChI is InChI=1S/C19H24FN3.2ClH/c20-18-7-5-16(6-8-18)14-22-9-2-10-23(12-11-22)15-17-3-1-4-19(21)13-17;;/h1,3-8,13H,2,9-12,14-15,21H2;2*1H. The molecule has 0 aliphatic carbocycles. The van der Waals surface area contributed by atoms with Crippen molar-refractivity contribution in [3.63, 3.8) is 0 Å². The van der Waals surface area contributed by atoms with Gasteiger partial charge in [0.1, 0.15) is 5.82 Å². The van der Waals surface area contributed by atoms with Gasteiger partial charge < -0.3 is 5.73 Å². The van der Waals surface area contributed by atoms with Crippen LogP contribution in [0.5, 0.6) is 0 Å². The highest BCUT2D eigenvalue weighted by Crippen LogP contribution is 2.14. The molecule has 0 amide bonds. The van der Waals surface area contributed by atoms with Gasteiger partial charge in [0.15, 0.2) is 0 Å². The molecule has 2 aromatic rings. The van der Waals surface area contributed by atoms with E-state index in [1.807, 2.05) is 24.3 Å². The van der Waals surface area contributed by atoms with Crippen LogP contribution >= 0.6 is 24.8 Å². The molecule has 0 atom stereocenters. The highest BCUT2D eigenvalue weighted by molar-refractivity contribution is 5.85. The molecule has 3 nitrogen and oxygen atoms in total. The molecule has 3 rings (SSSR count). The fourth-order valence-corrected chi connectivity index (χ4v) is 3.14. The van der Waals surface area contributed by atoms with E-state index in [1.165, 1.54) is 11.1 Å². The van der Waals surface area contributed by atoms with Crippen molar-refractivity contribution in [2.45, 2.75) is 19.5 Å². The molecule has 0 bridgehead atoms. The van der Waals surface area contributed by atoms with Crippen molar-refractivity contribution in [3.8, 4) is 0 Å². The van der Waals surface area contributed by atoms with E-state index in [0.29, 0.717) is 0 Å². The Morgan fingerprint density at radius 3 is 2.00 bits per heavy atom. The molecule has 2 N–H and O–H groups in total. The first-order valence-corrected chi connectivity index (χ1v) is 8.22. The molecule has 0 unspecified atom stereocenters. The smallest absolute Gasteiger partial charge is 0.123 e. The minimum Gasteiger partial charge on any atom is -0.399 e. The Labute approximate surface area is 161 Å². The third-order valence-electron chi connectivity index (χ3n) is 4.36. The third-order valence-corrected chi connectivity index (χ3v) is 4.36.